The lowest BCUT2D eigenvalue weighted by molar-refractivity contribution is 0.454. The maximum absolute atomic E-state index is 13.1. The highest BCUT2D eigenvalue weighted by atomic mass is 32.2. The molecule has 25 heavy (non-hydrogen) atoms. The number of halogens is 1. The molecule has 132 valence electrons. The summed E-state index contributed by atoms with van der Waals surface area (Å²) in [6.07, 6.45) is 0.981. The number of nitrogens with one attached hydrogen (secondary N) is 2. The number of rotatable bonds is 2. The monoisotopic (exact) mass is 360 g/mol. The number of anilines is 1. The van der Waals surface area contributed by atoms with Crippen LogP contribution in [0.5, 0.6) is 0 Å². The molecular formula is C19H21FN2O2S. The zero-order valence-electron chi connectivity index (χ0n) is 14.0. The van der Waals surface area contributed by atoms with Crippen molar-refractivity contribution in [3.8, 4) is 0 Å². The predicted molar refractivity (Wildman–Crippen MR) is 95.1 cm³/mol. The summed E-state index contributed by atoms with van der Waals surface area (Å²) in [5, 5.41) is 7.01. The lowest BCUT2D eigenvalue weighted by atomic mass is 9.87. The molecule has 4 rings (SSSR count). The molecule has 1 fully saturated rings. The van der Waals surface area contributed by atoms with E-state index in [4.69, 9.17) is 0 Å². The van der Waals surface area contributed by atoms with Crippen LogP contribution in [0.3, 0.4) is 0 Å². The van der Waals surface area contributed by atoms with Gasteiger partial charge in [0.1, 0.15) is 5.82 Å². The van der Waals surface area contributed by atoms with E-state index < -0.39 is 15.7 Å². The van der Waals surface area contributed by atoms with Crippen LogP contribution in [-0.4, -0.2) is 27.5 Å². The second kappa shape index (κ2) is 6.11. The van der Waals surface area contributed by atoms with Gasteiger partial charge in [-0.1, -0.05) is 6.92 Å². The SMILES string of the molecule is CC1CNCC[C@@H]2c3cc(S(=O)(=O)c4ccc(F)cc4)ccc3N[C@@H]12. The Kier molecular flexibility index (Phi) is 4.04. The Morgan fingerprint density at radius 1 is 1.08 bits per heavy atom. The van der Waals surface area contributed by atoms with Crippen LogP contribution in [0.25, 0.3) is 0 Å². The number of sulfone groups is 1. The van der Waals surface area contributed by atoms with Crippen LogP contribution in [0, 0.1) is 11.7 Å². The van der Waals surface area contributed by atoms with E-state index in [1.165, 1.54) is 24.3 Å². The van der Waals surface area contributed by atoms with Crippen LogP contribution in [0.1, 0.15) is 24.8 Å². The molecule has 0 aliphatic carbocycles. The van der Waals surface area contributed by atoms with Crippen molar-refractivity contribution in [1.29, 1.82) is 0 Å². The standard InChI is InChI=1S/C19H21FN2O2S/c1-12-11-21-9-8-16-17-10-15(6-7-18(17)22-19(12)16)25(23,24)14-4-2-13(20)3-5-14/h2-7,10,12,16,19,21-22H,8-9,11H2,1H3/t12?,16-,19+/m1/s1. The average molecular weight is 360 g/mol. The molecule has 2 N–H and O–H groups in total. The molecule has 1 unspecified atom stereocenters. The van der Waals surface area contributed by atoms with Crippen LogP contribution in [-0.2, 0) is 9.84 Å². The van der Waals surface area contributed by atoms with E-state index in [-0.39, 0.29) is 9.79 Å². The van der Waals surface area contributed by atoms with E-state index >= 15 is 0 Å². The van der Waals surface area contributed by atoms with Gasteiger partial charge in [-0.3, -0.25) is 0 Å². The molecule has 0 bridgehead atoms. The van der Waals surface area contributed by atoms with Gasteiger partial charge in [0.15, 0.2) is 0 Å². The Labute approximate surface area is 147 Å². The second-order valence-electron chi connectivity index (χ2n) is 6.95. The summed E-state index contributed by atoms with van der Waals surface area (Å²) >= 11 is 0. The zero-order valence-corrected chi connectivity index (χ0v) is 14.8. The first-order valence-corrected chi connectivity index (χ1v) is 10.1. The molecule has 0 radical (unpaired) electrons. The molecule has 3 atom stereocenters. The Balaban J connectivity index is 1.74. The van der Waals surface area contributed by atoms with Gasteiger partial charge >= 0.3 is 0 Å². The fourth-order valence-corrected chi connectivity index (χ4v) is 5.25. The Hall–Kier alpha value is -1.92. The van der Waals surface area contributed by atoms with Crippen molar-refractivity contribution in [3.05, 3.63) is 53.8 Å². The molecule has 0 amide bonds. The fraction of sp³-hybridized carbons (Fsp3) is 0.368. The number of hydrogen-bond acceptors (Lipinski definition) is 4. The van der Waals surface area contributed by atoms with Crippen LogP contribution in [0.15, 0.2) is 52.3 Å². The predicted octanol–water partition coefficient (Wildman–Crippen LogP) is 3.17. The Morgan fingerprint density at radius 2 is 1.80 bits per heavy atom. The normalized spacial score (nSPS) is 25.6. The molecule has 4 nitrogen and oxygen atoms in total. The van der Waals surface area contributed by atoms with Gasteiger partial charge in [-0.2, -0.15) is 0 Å². The molecule has 6 heteroatoms. The summed E-state index contributed by atoms with van der Waals surface area (Å²) in [5.41, 5.74) is 2.10. The molecule has 2 aliphatic rings. The first-order chi connectivity index (χ1) is 12.0. The van der Waals surface area contributed by atoms with Gasteiger partial charge in [-0.15, -0.1) is 0 Å². The van der Waals surface area contributed by atoms with Crippen molar-refractivity contribution in [2.45, 2.75) is 35.1 Å². The van der Waals surface area contributed by atoms with Crippen LogP contribution in [0.2, 0.25) is 0 Å². The first kappa shape index (κ1) is 16.5. The molecule has 2 aromatic rings. The average Bonchev–Trinajstić information content (AvgIpc) is 2.87. The summed E-state index contributed by atoms with van der Waals surface area (Å²) in [4.78, 5) is 0.387. The van der Waals surface area contributed by atoms with Gasteiger partial charge in [0, 0.05) is 17.6 Å². The summed E-state index contributed by atoms with van der Waals surface area (Å²) in [7, 11) is -3.65. The number of benzene rings is 2. The van der Waals surface area contributed by atoms with Gasteiger partial charge in [-0.05, 0) is 73.5 Å². The highest BCUT2D eigenvalue weighted by Crippen LogP contribution is 2.43. The summed E-state index contributed by atoms with van der Waals surface area (Å²) in [5.74, 6) is 0.334. The van der Waals surface area contributed by atoms with E-state index in [2.05, 4.69) is 17.6 Å². The summed E-state index contributed by atoms with van der Waals surface area (Å²) < 4.78 is 38.9. The van der Waals surface area contributed by atoms with E-state index in [0.717, 1.165) is 30.8 Å². The third-order valence-corrected chi connectivity index (χ3v) is 7.09. The number of hydrogen-bond donors (Lipinski definition) is 2. The smallest absolute Gasteiger partial charge is 0.206 e. The summed E-state index contributed by atoms with van der Waals surface area (Å²) in [6, 6.07) is 10.6. The quantitative estimate of drug-likeness (QED) is 0.808. The van der Waals surface area contributed by atoms with E-state index in [0.29, 0.717) is 17.9 Å². The van der Waals surface area contributed by atoms with Crippen molar-refractivity contribution in [2.75, 3.05) is 18.4 Å². The molecule has 2 aromatic carbocycles. The minimum absolute atomic E-state index is 0.118. The van der Waals surface area contributed by atoms with Gasteiger partial charge in [0.25, 0.3) is 0 Å². The topological polar surface area (TPSA) is 58.2 Å². The van der Waals surface area contributed by atoms with Crippen molar-refractivity contribution < 1.29 is 12.8 Å². The minimum atomic E-state index is -3.65. The van der Waals surface area contributed by atoms with Crippen molar-refractivity contribution in [1.82, 2.24) is 5.32 Å². The maximum Gasteiger partial charge on any atom is 0.206 e. The lowest BCUT2D eigenvalue weighted by Gasteiger charge is -2.22. The van der Waals surface area contributed by atoms with E-state index in [1.807, 2.05) is 6.07 Å². The van der Waals surface area contributed by atoms with Gasteiger partial charge < -0.3 is 10.6 Å². The third kappa shape index (κ3) is 2.83. The van der Waals surface area contributed by atoms with E-state index in [1.54, 1.807) is 12.1 Å². The van der Waals surface area contributed by atoms with Gasteiger partial charge in [0.05, 0.1) is 9.79 Å². The summed E-state index contributed by atoms with van der Waals surface area (Å²) in [6.45, 7) is 4.11. The van der Waals surface area contributed by atoms with Crippen LogP contribution >= 0.6 is 0 Å². The van der Waals surface area contributed by atoms with Crippen LogP contribution < -0.4 is 10.6 Å². The molecule has 2 heterocycles. The first-order valence-electron chi connectivity index (χ1n) is 8.58. The largest absolute Gasteiger partial charge is 0.381 e. The Bertz CT molecular complexity index is 896. The maximum atomic E-state index is 13.1. The minimum Gasteiger partial charge on any atom is -0.381 e. The van der Waals surface area contributed by atoms with Crippen molar-refractivity contribution in [2.24, 2.45) is 5.92 Å². The highest BCUT2D eigenvalue weighted by molar-refractivity contribution is 7.91. The van der Waals surface area contributed by atoms with Gasteiger partial charge in [0.2, 0.25) is 9.84 Å². The van der Waals surface area contributed by atoms with Gasteiger partial charge in [-0.25, -0.2) is 12.8 Å². The molecular weight excluding hydrogens is 339 g/mol. The number of fused-ring (bicyclic) bond motifs is 3. The highest BCUT2D eigenvalue weighted by Gasteiger charge is 2.37. The molecule has 0 saturated carbocycles. The molecule has 0 spiro atoms. The van der Waals surface area contributed by atoms with E-state index in [9.17, 15) is 12.8 Å². The second-order valence-corrected chi connectivity index (χ2v) is 8.90. The van der Waals surface area contributed by atoms with Crippen molar-refractivity contribution >= 4 is 15.5 Å². The fourth-order valence-electron chi connectivity index (χ4n) is 3.96. The third-order valence-electron chi connectivity index (χ3n) is 5.32. The molecule has 1 saturated heterocycles. The van der Waals surface area contributed by atoms with Crippen molar-refractivity contribution in [3.63, 3.8) is 0 Å². The van der Waals surface area contributed by atoms with Crippen LogP contribution in [0.4, 0.5) is 10.1 Å². The lowest BCUT2D eigenvalue weighted by Crippen LogP contribution is -2.31. The zero-order chi connectivity index (χ0) is 17.6. The Morgan fingerprint density at radius 3 is 2.56 bits per heavy atom. The molecule has 2 aliphatic heterocycles. The molecule has 0 aromatic heterocycles.